The molecule has 0 spiro atoms. The first-order valence-electron chi connectivity index (χ1n) is 6.60. The minimum absolute atomic E-state index is 0.0812. The normalized spacial score (nSPS) is 10.3. The Morgan fingerprint density at radius 2 is 1.78 bits per heavy atom. The number of nitrogens with one attached hydrogen (secondary N) is 3. The molecule has 0 aliphatic rings. The van der Waals surface area contributed by atoms with E-state index in [1.807, 2.05) is 24.3 Å². The number of carbonyl (C=O) groups is 1. The van der Waals surface area contributed by atoms with Gasteiger partial charge >= 0.3 is 0 Å². The second-order valence-electron chi connectivity index (χ2n) is 4.40. The number of para-hydroxylation sites is 1. The lowest BCUT2D eigenvalue weighted by atomic mass is 10.2. The highest BCUT2D eigenvalue weighted by Crippen LogP contribution is 2.16. The van der Waals surface area contributed by atoms with E-state index in [2.05, 4.69) is 32.1 Å². The zero-order valence-electron chi connectivity index (χ0n) is 11.8. The molecule has 0 aromatic heterocycles. The van der Waals surface area contributed by atoms with Gasteiger partial charge in [0.25, 0.3) is 5.91 Å². The Bertz CT molecular complexity index is 752. The van der Waals surface area contributed by atoms with E-state index in [0.29, 0.717) is 0 Å². The fourth-order valence-electron chi connectivity index (χ4n) is 1.65. The third kappa shape index (κ3) is 5.46. The van der Waals surface area contributed by atoms with Gasteiger partial charge in [0.05, 0.1) is 5.69 Å². The molecule has 0 fully saturated rings. The van der Waals surface area contributed by atoms with Gasteiger partial charge in [-0.2, -0.15) is 0 Å². The van der Waals surface area contributed by atoms with Crippen LogP contribution in [0.4, 0.5) is 10.1 Å². The van der Waals surface area contributed by atoms with Crippen molar-refractivity contribution in [2.45, 2.75) is 0 Å². The van der Waals surface area contributed by atoms with Crippen LogP contribution in [0.15, 0.2) is 59.1 Å². The number of carbonyl (C=O) groups excluding carboxylic acids is 1. The van der Waals surface area contributed by atoms with E-state index in [0.717, 1.165) is 10.0 Å². The maximum atomic E-state index is 13.4. The Labute approximate surface area is 146 Å². The molecule has 0 unspecified atom stereocenters. The van der Waals surface area contributed by atoms with E-state index in [-0.39, 0.29) is 10.8 Å². The van der Waals surface area contributed by atoms with Gasteiger partial charge in [-0.15, -0.1) is 0 Å². The molecular formula is C16H13BrFN3OS. The molecule has 0 saturated carbocycles. The molecule has 2 aromatic carbocycles. The van der Waals surface area contributed by atoms with Gasteiger partial charge in [0, 0.05) is 10.5 Å². The summed E-state index contributed by atoms with van der Waals surface area (Å²) < 4.78 is 14.3. The van der Waals surface area contributed by atoms with Crippen LogP contribution >= 0.6 is 28.1 Å². The smallest absolute Gasteiger partial charge is 0.262 e. The summed E-state index contributed by atoms with van der Waals surface area (Å²) in [5, 5.41) is 2.73. The highest BCUT2D eigenvalue weighted by Gasteiger charge is 2.03. The number of rotatable bonds is 3. The molecule has 7 heteroatoms. The molecule has 2 aromatic rings. The first-order chi connectivity index (χ1) is 11.1. The summed E-state index contributed by atoms with van der Waals surface area (Å²) >= 11 is 8.36. The van der Waals surface area contributed by atoms with Crippen LogP contribution in [0.5, 0.6) is 0 Å². The first kappa shape index (κ1) is 17.1. The number of hydrogen-bond donors (Lipinski definition) is 3. The van der Waals surface area contributed by atoms with E-state index in [1.54, 1.807) is 18.2 Å². The van der Waals surface area contributed by atoms with Gasteiger partial charge < -0.3 is 5.32 Å². The largest absolute Gasteiger partial charge is 0.329 e. The minimum Gasteiger partial charge on any atom is -0.329 e. The first-order valence-corrected chi connectivity index (χ1v) is 7.80. The van der Waals surface area contributed by atoms with Crippen LogP contribution < -0.4 is 16.2 Å². The van der Waals surface area contributed by atoms with Crippen LogP contribution in [0.2, 0.25) is 0 Å². The van der Waals surface area contributed by atoms with Gasteiger partial charge in [-0.1, -0.05) is 46.3 Å². The average molecular weight is 394 g/mol. The summed E-state index contributed by atoms with van der Waals surface area (Å²) in [6, 6.07) is 13.6. The van der Waals surface area contributed by atoms with Gasteiger partial charge in [-0.3, -0.25) is 15.6 Å². The number of thiocarbonyl (C=S) groups is 1. The summed E-state index contributed by atoms with van der Waals surface area (Å²) in [7, 11) is 0. The van der Waals surface area contributed by atoms with Crippen molar-refractivity contribution in [1.29, 1.82) is 0 Å². The van der Waals surface area contributed by atoms with Crippen LogP contribution in [-0.4, -0.2) is 11.0 Å². The second-order valence-corrected chi connectivity index (χ2v) is 5.67. The lowest BCUT2D eigenvalue weighted by molar-refractivity contribution is -0.116. The Balaban J connectivity index is 1.83. The molecule has 0 heterocycles. The van der Waals surface area contributed by atoms with E-state index in [4.69, 9.17) is 12.2 Å². The molecule has 1 amide bonds. The summed E-state index contributed by atoms with van der Waals surface area (Å²) in [5.41, 5.74) is 5.99. The van der Waals surface area contributed by atoms with Crippen LogP contribution in [0.25, 0.3) is 6.08 Å². The van der Waals surface area contributed by atoms with Crippen molar-refractivity contribution in [3.8, 4) is 0 Å². The topological polar surface area (TPSA) is 53.2 Å². The fraction of sp³-hybridized carbons (Fsp3) is 0. The van der Waals surface area contributed by atoms with Gasteiger partial charge in [-0.05, 0) is 42.1 Å². The van der Waals surface area contributed by atoms with Crippen molar-refractivity contribution in [3.63, 3.8) is 0 Å². The van der Waals surface area contributed by atoms with Crippen LogP contribution in [0.3, 0.4) is 0 Å². The molecule has 3 N–H and O–H groups in total. The van der Waals surface area contributed by atoms with Crippen LogP contribution in [0, 0.1) is 5.82 Å². The highest BCUT2D eigenvalue weighted by atomic mass is 79.9. The number of benzene rings is 2. The highest BCUT2D eigenvalue weighted by molar-refractivity contribution is 9.10. The molecule has 0 aliphatic heterocycles. The van der Waals surface area contributed by atoms with Crippen molar-refractivity contribution in [2.24, 2.45) is 0 Å². The monoisotopic (exact) mass is 393 g/mol. The zero-order valence-corrected chi connectivity index (χ0v) is 14.2. The summed E-state index contributed by atoms with van der Waals surface area (Å²) in [6.45, 7) is 0. The molecular weight excluding hydrogens is 381 g/mol. The Morgan fingerprint density at radius 3 is 2.52 bits per heavy atom. The quantitative estimate of drug-likeness (QED) is 0.423. The number of halogens is 2. The van der Waals surface area contributed by atoms with Crippen molar-refractivity contribution < 1.29 is 9.18 Å². The van der Waals surface area contributed by atoms with Crippen LogP contribution in [0.1, 0.15) is 5.56 Å². The van der Waals surface area contributed by atoms with Gasteiger partial charge in [0.15, 0.2) is 5.11 Å². The molecule has 2 rings (SSSR count). The number of hydrazine groups is 1. The fourth-order valence-corrected chi connectivity index (χ4v) is 2.23. The van der Waals surface area contributed by atoms with Gasteiger partial charge in [0.2, 0.25) is 0 Å². The van der Waals surface area contributed by atoms with E-state index in [1.165, 1.54) is 18.2 Å². The lowest BCUT2D eigenvalue weighted by Gasteiger charge is -2.10. The Kier molecular flexibility index (Phi) is 6.25. The maximum Gasteiger partial charge on any atom is 0.262 e. The summed E-state index contributed by atoms with van der Waals surface area (Å²) in [5.74, 6) is -0.824. The average Bonchev–Trinajstić information content (AvgIpc) is 2.54. The molecule has 0 aliphatic carbocycles. The predicted octanol–water partition coefficient (Wildman–Crippen LogP) is 3.62. The van der Waals surface area contributed by atoms with Crippen LogP contribution in [-0.2, 0) is 4.79 Å². The standard InChI is InChI=1S/C16H13BrFN3OS/c17-12-6-2-1-5-11(12)9-10-15(22)20-21-16(23)19-14-8-4-3-7-13(14)18/h1-10H,(H,20,22)(H2,19,21,23)/b10-9+. The maximum absolute atomic E-state index is 13.4. The molecule has 23 heavy (non-hydrogen) atoms. The summed E-state index contributed by atoms with van der Waals surface area (Å²) in [4.78, 5) is 11.7. The van der Waals surface area contributed by atoms with Gasteiger partial charge in [-0.25, -0.2) is 4.39 Å². The Morgan fingerprint density at radius 1 is 1.09 bits per heavy atom. The SMILES string of the molecule is O=C(/C=C/c1ccccc1Br)NNC(=S)Nc1ccccc1F. The predicted molar refractivity (Wildman–Crippen MR) is 97.1 cm³/mol. The number of hydrogen-bond acceptors (Lipinski definition) is 2. The molecule has 118 valence electrons. The third-order valence-electron chi connectivity index (χ3n) is 2.74. The molecule has 0 radical (unpaired) electrons. The van der Waals surface area contributed by atoms with E-state index < -0.39 is 11.7 Å². The van der Waals surface area contributed by atoms with E-state index >= 15 is 0 Å². The third-order valence-corrected chi connectivity index (χ3v) is 3.67. The molecule has 4 nitrogen and oxygen atoms in total. The molecule has 0 saturated heterocycles. The lowest BCUT2D eigenvalue weighted by Crippen LogP contribution is -2.43. The minimum atomic E-state index is -0.434. The van der Waals surface area contributed by atoms with Gasteiger partial charge in [0.1, 0.15) is 5.82 Å². The van der Waals surface area contributed by atoms with Crippen molar-refractivity contribution >= 4 is 50.9 Å². The Hall–Kier alpha value is -2.25. The van der Waals surface area contributed by atoms with E-state index in [9.17, 15) is 9.18 Å². The number of amides is 1. The van der Waals surface area contributed by atoms with Crippen molar-refractivity contribution in [1.82, 2.24) is 10.9 Å². The molecule has 0 atom stereocenters. The van der Waals surface area contributed by atoms with Crippen molar-refractivity contribution in [2.75, 3.05) is 5.32 Å². The number of anilines is 1. The second kappa shape index (κ2) is 8.40. The molecule has 0 bridgehead atoms. The summed E-state index contributed by atoms with van der Waals surface area (Å²) in [6.07, 6.45) is 3.02. The van der Waals surface area contributed by atoms with Crippen molar-refractivity contribution in [3.05, 3.63) is 70.5 Å². The zero-order chi connectivity index (χ0) is 16.7.